The number of carbonyl (C=O) groups is 2. The molecule has 1 N–H and O–H groups in total. The number of esters is 1. The van der Waals surface area contributed by atoms with Crippen molar-refractivity contribution in [2.45, 2.75) is 51.5 Å². The van der Waals surface area contributed by atoms with Gasteiger partial charge in [0.15, 0.2) is 0 Å². The first kappa shape index (κ1) is 35.6. The molecule has 0 amide bonds. The zero-order chi connectivity index (χ0) is 30.5. The highest BCUT2D eigenvalue weighted by Crippen LogP contribution is 2.36. The summed E-state index contributed by atoms with van der Waals surface area (Å²) in [5, 5.41) is 11.0. The maximum absolute atomic E-state index is 11.5. The highest BCUT2D eigenvalue weighted by molar-refractivity contribution is 6.99. The van der Waals surface area contributed by atoms with Gasteiger partial charge in [-0.15, -0.1) is 0 Å². The van der Waals surface area contributed by atoms with E-state index >= 15 is 0 Å². The molecule has 0 radical (unpaired) electrons. The minimum Gasteiger partial charge on any atom is -0.481 e. The van der Waals surface area contributed by atoms with Gasteiger partial charge in [-0.1, -0.05) is 81.4 Å². The Morgan fingerprint density at radius 1 is 0.619 bits per heavy atom. The average molecular weight is 605 g/mol. The van der Waals surface area contributed by atoms with Gasteiger partial charge in [-0.25, -0.2) is 0 Å². The van der Waals surface area contributed by atoms with Crippen molar-refractivity contribution in [2.24, 2.45) is 0 Å². The molecule has 0 saturated heterocycles. The van der Waals surface area contributed by atoms with E-state index in [0.29, 0.717) is 65.7 Å². The van der Waals surface area contributed by atoms with Crippen LogP contribution in [0.25, 0.3) is 0 Å². The van der Waals surface area contributed by atoms with E-state index in [9.17, 15) is 9.59 Å². The predicted octanol–water partition coefficient (Wildman–Crippen LogP) is 3.82. The Kier molecular flexibility index (Phi) is 17.2. The van der Waals surface area contributed by atoms with Crippen LogP contribution in [0.5, 0.6) is 0 Å². The van der Waals surface area contributed by atoms with Gasteiger partial charge < -0.3 is 33.2 Å². The molecule has 0 aromatic heterocycles. The summed E-state index contributed by atoms with van der Waals surface area (Å²) in [5.74, 6) is -1.20. The van der Waals surface area contributed by atoms with Crippen LogP contribution in [0.4, 0.5) is 0 Å². The van der Waals surface area contributed by atoms with Crippen molar-refractivity contribution in [1.29, 1.82) is 0 Å². The van der Waals surface area contributed by atoms with Gasteiger partial charge in [0.1, 0.15) is 6.61 Å². The quantitative estimate of drug-likeness (QED) is 0.115. The third kappa shape index (κ3) is 13.1. The lowest BCUT2D eigenvalue weighted by Crippen LogP contribution is -2.66. The zero-order valence-electron chi connectivity index (χ0n) is 25.4. The molecule has 2 rings (SSSR count). The van der Waals surface area contributed by atoms with Crippen molar-refractivity contribution in [3.05, 3.63) is 60.7 Å². The number of rotatable bonds is 23. The lowest BCUT2D eigenvalue weighted by Gasteiger charge is -2.43. The highest BCUT2D eigenvalue weighted by atomic mass is 28.4. The van der Waals surface area contributed by atoms with E-state index in [0.717, 1.165) is 0 Å². The van der Waals surface area contributed by atoms with Crippen LogP contribution in [0.2, 0.25) is 5.04 Å². The molecule has 0 aliphatic rings. The van der Waals surface area contributed by atoms with Crippen LogP contribution < -0.4 is 10.4 Å². The van der Waals surface area contributed by atoms with E-state index in [1.807, 2.05) is 12.1 Å². The topological polar surface area (TPSA) is 110 Å². The smallest absolute Gasteiger partial charge is 0.305 e. The lowest BCUT2D eigenvalue weighted by atomic mass is 10.2. The number of carbonyl (C=O) groups excluding carboxylic acids is 1. The van der Waals surface area contributed by atoms with Gasteiger partial charge in [-0.05, 0) is 28.3 Å². The number of carboxylic acid groups (broad SMARTS) is 1. The number of hydrogen-bond donors (Lipinski definition) is 1. The standard InChI is InChI=1S/C32H48O9Si/c1-32(2,3)42(28-12-6-4-7-13-28,29-14-8-5-9-15-29)41-27-25-39-23-21-37-19-18-36-20-22-38-24-26-40-31(35)17-11-10-16-30(33)34/h4-9,12-15H,10-11,16-27H2,1-3H3,(H,33,34). The monoisotopic (exact) mass is 604 g/mol. The molecule has 0 fully saturated rings. The van der Waals surface area contributed by atoms with Crippen molar-refractivity contribution < 1.29 is 42.8 Å². The van der Waals surface area contributed by atoms with Gasteiger partial charge in [-0.2, -0.15) is 0 Å². The number of carboxylic acids is 1. The molecular weight excluding hydrogens is 556 g/mol. The molecule has 0 saturated carbocycles. The molecule has 42 heavy (non-hydrogen) atoms. The zero-order valence-corrected chi connectivity index (χ0v) is 26.4. The summed E-state index contributed by atoms with van der Waals surface area (Å²) in [5.41, 5.74) is 0. The van der Waals surface area contributed by atoms with E-state index in [4.69, 9.17) is 33.2 Å². The number of ether oxygens (including phenoxy) is 5. The SMILES string of the molecule is CC(C)(C)[Si](OCCOCCOCCOCCOCCOC(=O)CCCCC(=O)O)(c1ccccc1)c1ccccc1. The fourth-order valence-corrected chi connectivity index (χ4v) is 9.15. The van der Waals surface area contributed by atoms with Gasteiger partial charge in [0, 0.05) is 12.8 Å². The highest BCUT2D eigenvalue weighted by Gasteiger charge is 2.49. The molecule has 2 aromatic rings. The summed E-state index contributed by atoms with van der Waals surface area (Å²) in [6.07, 6.45) is 1.26. The first-order chi connectivity index (χ1) is 20.3. The Labute approximate surface area is 251 Å². The van der Waals surface area contributed by atoms with Gasteiger partial charge in [0.25, 0.3) is 8.32 Å². The molecular formula is C32H48O9Si. The molecule has 0 spiro atoms. The largest absolute Gasteiger partial charge is 0.481 e. The van der Waals surface area contributed by atoms with E-state index in [1.54, 1.807) is 0 Å². The molecule has 0 atom stereocenters. The Morgan fingerprint density at radius 2 is 1.02 bits per heavy atom. The fraction of sp³-hybridized carbons (Fsp3) is 0.562. The van der Waals surface area contributed by atoms with Crippen LogP contribution >= 0.6 is 0 Å². The van der Waals surface area contributed by atoms with Crippen LogP contribution in [0.15, 0.2) is 60.7 Å². The second-order valence-electron chi connectivity index (χ2n) is 10.8. The Hall–Kier alpha value is -2.60. The van der Waals surface area contributed by atoms with Crippen LogP contribution in [-0.2, 0) is 37.7 Å². The molecule has 234 valence electrons. The maximum atomic E-state index is 11.5. The molecule has 0 heterocycles. The van der Waals surface area contributed by atoms with Crippen molar-refractivity contribution in [3.8, 4) is 0 Å². The molecule has 2 aromatic carbocycles. The van der Waals surface area contributed by atoms with E-state index < -0.39 is 14.3 Å². The van der Waals surface area contributed by atoms with Crippen molar-refractivity contribution in [1.82, 2.24) is 0 Å². The maximum Gasteiger partial charge on any atom is 0.305 e. The first-order valence-electron chi connectivity index (χ1n) is 14.7. The van der Waals surface area contributed by atoms with Crippen LogP contribution in [-0.4, -0.2) is 91.4 Å². The molecule has 9 nitrogen and oxygen atoms in total. The number of hydrogen-bond acceptors (Lipinski definition) is 8. The molecule has 0 bridgehead atoms. The third-order valence-electron chi connectivity index (χ3n) is 6.59. The summed E-state index contributed by atoms with van der Waals surface area (Å²) < 4.78 is 34.1. The van der Waals surface area contributed by atoms with E-state index in [-0.39, 0.29) is 37.1 Å². The first-order valence-corrected chi connectivity index (χ1v) is 16.6. The summed E-state index contributed by atoms with van der Waals surface area (Å²) >= 11 is 0. The molecule has 0 aliphatic carbocycles. The normalized spacial score (nSPS) is 11.9. The van der Waals surface area contributed by atoms with E-state index in [1.165, 1.54) is 10.4 Å². The number of unbranched alkanes of at least 4 members (excludes halogenated alkanes) is 1. The number of aliphatic carboxylic acids is 1. The van der Waals surface area contributed by atoms with Crippen molar-refractivity contribution >= 4 is 30.6 Å². The van der Waals surface area contributed by atoms with Crippen LogP contribution in [0, 0.1) is 0 Å². The Bertz CT molecular complexity index is 957. The molecule has 10 heteroatoms. The van der Waals surface area contributed by atoms with Crippen LogP contribution in [0.1, 0.15) is 46.5 Å². The Balaban J connectivity index is 1.52. The van der Waals surface area contributed by atoms with E-state index in [2.05, 4.69) is 69.3 Å². The minimum atomic E-state index is -2.55. The molecule has 0 aliphatic heterocycles. The van der Waals surface area contributed by atoms with Crippen molar-refractivity contribution in [3.63, 3.8) is 0 Å². The second-order valence-corrected chi connectivity index (χ2v) is 15.1. The fourth-order valence-electron chi connectivity index (χ4n) is 4.61. The van der Waals surface area contributed by atoms with Gasteiger partial charge in [-0.3, -0.25) is 9.59 Å². The second kappa shape index (κ2) is 20.3. The number of benzene rings is 2. The molecule has 0 unspecified atom stereocenters. The van der Waals surface area contributed by atoms with Crippen molar-refractivity contribution in [2.75, 3.05) is 66.1 Å². The summed E-state index contributed by atoms with van der Waals surface area (Å²) in [7, 11) is -2.55. The van der Waals surface area contributed by atoms with Gasteiger partial charge in [0.05, 0.1) is 59.5 Å². The predicted molar refractivity (Wildman–Crippen MR) is 164 cm³/mol. The minimum absolute atomic E-state index is 0.0648. The third-order valence-corrected chi connectivity index (χ3v) is 11.6. The average Bonchev–Trinajstić information content (AvgIpc) is 2.97. The summed E-state index contributed by atoms with van der Waals surface area (Å²) in [4.78, 5) is 22.0. The van der Waals surface area contributed by atoms with Crippen LogP contribution in [0.3, 0.4) is 0 Å². The van der Waals surface area contributed by atoms with Gasteiger partial charge >= 0.3 is 11.9 Å². The van der Waals surface area contributed by atoms with Gasteiger partial charge in [0.2, 0.25) is 0 Å². The summed E-state index contributed by atoms with van der Waals surface area (Å²) in [6, 6.07) is 21.1. The lowest BCUT2D eigenvalue weighted by molar-refractivity contribution is -0.146. The summed E-state index contributed by atoms with van der Waals surface area (Å²) in [6.45, 7) is 10.9. The Morgan fingerprint density at radius 3 is 1.45 bits per heavy atom.